The summed E-state index contributed by atoms with van der Waals surface area (Å²) in [6.07, 6.45) is 4.34. The third kappa shape index (κ3) is 3.25. The minimum absolute atomic E-state index is 0.0175. The van der Waals surface area contributed by atoms with Gasteiger partial charge in [-0.15, -0.1) is 0 Å². The van der Waals surface area contributed by atoms with E-state index in [1.807, 2.05) is 30.3 Å². The first-order chi connectivity index (χ1) is 14.1. The SMILES string of the molecule is CN1CC[C@H](Oc2cc(C(=O)O)nc3c2c(C2CCC2)nn3-c2ccccc2)C1. The summed E-state index contributed by atoms with van der Waals surface area (Å²) < 4.78 is 8.13. The molecule has 29 heavy (non-hydrogen) atoms. The Hall–Kier alpha value is -2.93. The van der Waals surface area contributed by atoms with Crippen LogP contribution in [-0.2, 0) is 0 Å². The van der Waals surface area contributed by atoms with Crippen LogP contribution in [-0.4, -0.2) is 57.0 Å². The molecule has 1 aliphatic heterocycles. The van der Waals surface area contributed by atoms with Gasteiger partial charge in [-0.2, -0.15) is 5.10 Å². The number of hydrogen-bond donors (Lipinski definition) is 1. The van der Waals surface area contributed by atoms with E-state index in [2.05, 4.69) is 16.9 Å². The topological polar surface area (TPSA) is 80.5 Å². The molecule has 1 aromatic carbocycles. The molecule has 0 radical (unpaired) electrons. The van der Waals surface area contributed by atoms with Gasteiger partial charge in [0.05, 0.1) is 16.8 Å². The fraction of sp³-hybridized carbons (Fsp3) is 0.409. The average molecular weight is 392 g/mol. The molecule has 2 aliphatic rings. The number of aromatic carboxylic acids is 1. The molecule has 1 saturated heterocycles. The first-order valence-electron chi connectivity index (χ1n) is 10.2. The molecule has 1 saturated carbocycles. The van der Waals surface area contributed by atoms with Gasteiger partial charge in [0.25, 0.3) is 0 Å². The van der Waals surface area contributed by atoms with Gasteiger partial charge in [0, 0.05) is 25.1 Å². The number of carboxylic acid groups (broad SMARTS) is 1. The second-order valence-corrected chi connectivity index (χ2v) is 8.06. The predicted octanol–water partition coefficient (Wildman–Crippen LogP) is 3.47. The highest BCUT2D eigenvalue weighted by molar-refractivity contribution is 5.94. The number of rotatable bonds is 5. The number of carbonyl (C=O) groups is 1. The molecule has 3 heterocycles. The molecule has 3 aromatic rings. The zero-order valence-electron chi connectivity index (χ0n) is 16.4. The van der Waals surface area contributed by atoms with Gasteiger partial charge in [-0.3, -0.25) is 0 Å². The number of pyridine rings is 1. The Balaban J connectivity index is 1.71. The quantitative estimate of drug-likeness (QED) is 0.716. The van der Waals surface area contributed by atoms with Gasteiger partial charge >= 0.3 is 5.97 Å². The lowest BCUT2D eigenvalue weighted by molar-refractivity contribution is 0.0690. The van der Waals surface area contributed by atoms with Crippen LogP contribution in [0.5, 0.6) is 5.75 Å². The fourth-order valence-corrected chi connectivity index (χ4v) is 4.20. The van der Waals surface area contributed by atoms with Crippen LogP contribution >= 0.6 is 0 Å². The van der Waals surface area contributed by atoms with E-state index < -0.39 is 5.97 Å². The highest BCUT2D eigenvalue weighted by Gasteiger charge is 2.31. The minimum Gasteiger partial charge on any atom is -0.488 e. The Labute approximate surface area is 168 Å². The highest BCUT2D eigenvalue weighted by atomic mass is 16.5. The van der Waals surface area contributed by atoms with Crippen molar-refractivity contribution in [2.45, 2.75) is 37.7 Å². The van der Waals surface area contributed by atoms with Gasteiger partial charge in [-0.25, -0.2) is 14.5 Å². The van der Waals surface area contributed by atoms with E-state index in [-0.39, 0.29) is 11.8 Å². The number of nitrogens with zero attached hydrogens (tertiary/aromatic N) is 4. The fourth-order valence-electron chi connectivity index (χ4n) is 4.20. The summed E-state index contributed by atoms with van der Waals surface area (Å²) >= 11 is 0. The lowest BCUT2D eigenvalue weighted by atomic mass is 9.82. The van der Waals surface area contributed by atoms with E-state index in [1.54, 1.807) is 10.7 Å². The van der Waals surface area contributed by atoms with Gasteiger partial charge in [-0.1, -0.05) is 24.6 Å². The van der Waals surface area contributed by atoms with Gasteiger partial charge < -0.3 is 14.7 Å². The number of ether oxygens (including phenoxy) is 1. The van der Waals surface area contributed by atoms with Crippen LogP contribution < -0.4 is 4.74 Å². The highest BCUT2D eigenvalue weighted by Crippen LogP contribution is 2.42. The van der Waals surface area contributed by atoms with Crippen LogP contribution in [0.1, 0.15) is 47.8 Å². The van der Waals surface area contributed by atoms with Crippen molar-refractivity contribution in [2.75, 3.05) is 20.1 Å². The molecule has 7 heteroatoms. The third-order valence-electron chi connectivity index (χ3n) is 5.98. The van der Waals surface area contributed by atoms with E-state index in [1.165, 1.54) is 6.42 Å². The number of likely N-dealkylation sites (tertiary alicyclic amines) is 1. The maximum atomic E-state index is 11.8. The van der Waals surface area contributed by atoms with Crippen molar-refractivity contribution in [1.82, 2.24) is 19.7 Å². The molecule has 0 spiro atoms. The molecule has 1 N–H and O–H groups in total. The summed E-state index contributed by atoms with van der Waals surface area (Å²) in [5.41, 5.74) is 2.38. The Kier molecular flexibility index (Phi) is 4.47. The predicted molar refractivity (Wildman–Crippen MR) is 109 cm³/mol. The summed E-state index contributed by atoms with van der Waals surface area (Å²) in [5, 5.41) is 15.4. The first kappa shape index (κ1) is 18.1. The number of para-hydroxylation sites is 1. The van der Waals surface area contributed by atoms with Crippen LogP contribution in [0, 0.1) is 0 Å². The molecular formula is C22H24N4O3. The van der Waals surface area contributed by atoms with Crippen LogP contribution in [0.2, 0.25) is 0 Å². The van der Waals surface area contributed by atoms with E-state index in [0.717, 1.165) is 49.1 Å². The van der Waals surface area contributed by atoms with Gasteiger partial charge in [0.1, 0.15) is 11.9 Å². The first-order valence-corrected chi connectivity index (χ1v) is 10.2. The maximum Gasteiger partial charge on any atom is 0.354 e. The Morgan fingerprint density at radius 1 is 1.21 bits per heavy atom. The second-order valence-electron chi connectivity index (χ2n) is 8.06. The number of carboxylic acids is 1. The number of likely N-dealkylation sites (N-methyl/N-ethyl adjacent to an activating group) is 1. The molecule has 0 bridgehead atoms. The lowest BCUT2D eigenvalue weighted by Crippen LogP contribution is -2.22. The van der Waals surface area contributed by atoms with Crippen molar-refractivity contribution >= 4 is 17.0 Å². The second kappa shape index (κ2) is 7.15. The smallest absolute Gasteiger partial charge is 0.354 e. The zero-order chi connectivity index (χ0) is 20.0. The molecule has 0 amide bonds. The van der Waals surface area contributed by atoms with Crippen LogP contribution in [0.25, 0.3) is 16.7 Å². The molecule has 7 nitrogen and oxygen atoms in total. The zero-order valence-corrected chi connectivity index (χ0v) is 16.4. The number of hydrogen-bond acceptors (Lipinski definition) is 5. The van der Waals surface area contributed by atoms with Crippen molar-refractivity contribution in [3.05, 3.63) is 47.8 Å². The maximum absolute atomic E-state index is 11.8. The van der Waals surface area contributed by atoms with Crippen molar-refractivity contribution in [3.63, 3.8) is 0 Å². The standard InChI is InChI=1S/C22H24N4O3/c1-25-11-10-16(13-25)29-18-12-17(22(27)28)23-21-19(18)20(14-6-5-7-14)24-26(21)15-8-3-2-4-9-15/h2-4,8-9,12,14,16H,5-7,10-11,13H2,1H3,(H,27,28)/t16-/m0/s1. The van der Waals surface area contributed by atoms with Gasteiger partial charge in [-0.05, 0) is 38.4 Å². The Morgan fingerprint density at radius 3 is 2.62 bits per heavy atom. The summed E-state index contributed by atoms with van der Waals surface area (Å²) in [7, 11) is 2.07. The van der Waals surface area contributed by atoms with Crippen LogP contribution in [0.4, 0.5) is 0 Å². The lowest BCUT2D eigenvalue weighted by Gasteiger charge is -2.24. The molecule has 5 rings (SSSR count). The molecule has 1 aliphatic carbocycles. The van der Waals surface area contributed by atoms with E-state index in [4.69, 9.17) is 9.84 Å². The molecule has 1 atom stereocenters. The van der Waals surface area contributed by atoms with Crippen molar-refractivity contribution < 1.29 is 14.6 Å². The largest absolute Gasteiger partial charge is 0.488 e. The molecule has 2 fully saturated rings. The van der Waals surface area contributed by atoms with Crippen molar-refractivity contribution in [3.8, 4) is 11.4 Å². The van der Waals surface area contributed by atoms with Crippen molar-refractivity contribution in [1.29, 1.82) is 0 Å². The summed E-state index contributed by atoms with van der Waals surface area (Å²) in [4.78, 5) is 18.5. The molecule has 150 valence electrons. The number of fused-ring (bicyclic) bond motifs is 1. The molecule has 0 unspecified atom stereocenters. The van der Waals surface area contributed by atoms with E-state index in [9.17, 15) is 9.90 Å². The Bertz CT molecular complexity index is 1060. The van der Waals surface area contributed by atoms with E-state index in [0.29, 0.717) is 17.3 Å². The van der Waals surface area contributed by atoms with Gasteiger partial charge in [0.2, 0.25) is 0 Å². The van der Waals surface area contributed by atoms with Gasteiger partial charge in [0.15, 0.2) is 11.3 Å². The summed E-state index contributed by atoms with van der Waals surface area (Å²) in [6.45, 7) is 1.81. The third-order valence-corrected chi connectivity index (χ3v) is 5.98. The van der Waals surface area contributed by atoms with Crippen LogP contribution in [0.15, 0.2) is 36.4 Å². The average Bonchev–Trinajstić information content (AvgIpc) is 3.25. The molecule has 2 aromatic heterocycles. The monoisotopic (exact) mass is 392 g/mol. The Morgan fingerprint density at radius 2 is 2.00 bits per heavy atom. The number of benzene rings is 1. The molecular weight excluding hydrogens is 368 g/mol. The summed E-state index contributed by atoms with van der Waals surface area (Å²) in [5.74, 6) is -0.100. The van der Waals surface area contributed by atoms with E-state index >= 15 is 0 Å². The minimum atomic E-state index is -1.06. The normalized spacial score (nSPS) is 20.1. The number of aromatic nitrogens is 3. The van der Waals surface area contributed by atoms with Crippen molar-refractivity contribution in [2.24, 2.45) is 0 Å². The summed E-state index contributed by atoms with van der Waals surface area (Å²) in [6, 6.07) is 11.3. The van der Waals surface area contributed by atoms with Crippen LogP contribution in [0.3, 0.4) is 0 Å².